The summed E-state index contributed by atoms with van der Waals surface area (Å²) in [5.41, 5.74) is 2.76. The van der Waals surface area contributed by atoms with Gasteiger partial charge in [-0.3, -0.25) is 0 Å². The van der Waals surface area contributed by atoms with Crippen molar-refractivity contribution < 1.29 is 33.5 Å². The molecule has 3 rings (SSSR count). The Bertz CT molecular complexity index is 1030. The van der Waals surface area contributed by atoms with E-state index >= 15 is 0 Å². The van der Waals surface area contributed by atoms with E-state index < -0.39 is 18.5 Å². The van der Waals surface area contributed by atoms with Crippen LogP contribution in [0, 0.1) is 6.92 Å². The van der Waals surface area contributed by atoms with Gasteiger partial charge >= 0.3 is 5.97 Å². The first-order chi connectivity index (χ1) is 15.6. The number of carbonyl (C=O) groups excluding carboxylic acids is 1. The lowest BCUT2D eigenvalue weighted by molar-refractivity contribution is -0.318. The van der Waals surface area contributed by atoms with E-state index in [1.54, 1.807) is 43.5 Å². The molecule has 0 heterocycles. The maximum Gasteiger partial charge on any atom is 0.341 e. The van der Waals surface area contributed by atoms with Crippen LogP contribution in [0.4, 0.5) is 0 Å². The Kier molecular flexibility index (Phi) is 8.21. The van der Waals surface area contributed by atoms with Crippen molar-refractivity contribution in [2.75, 3.05) is 21.3 Å². The molecule has 168 valence electrons. The summed E-state index contributed by atoms with van der Waals surface area (Å²) in [5, 5.41) is 0. The minimum absolute atomic E-state index is 0.203. The fourth-order valence-corrected chi connectivity index (χ4v) is 3.12. The summed E-state index contributed by atoms with van der Waals surface area (Å²) in [7, 11) is 4.36. The van der Waals surface area contributed by atoms with Gasteiger partial charge in [-0.1, -0.05) is 54.6 Å². The Balaban J connectivity index is 1.82. The molecule has 2 atom stereocenters. The Morgan fingerprint density at radius 3 is 1.97 bits per heavy atom. The van der Waals surface area contributed by atoms with Gasteiger partial charge in [0, 0.05) is 19.8 Å². The Hall–Kier alpha value is -3.39. The molecule has 0 radical (unpaired) electrons. The van der Waals surface area contributed by atoms with Gasteiger partial charge in [-0.2, -0.15) is 4.89 Å². The normalized spacial score (nSPS) is 12.6. The highest BCUT2D eigenvalue weighted by Crippen LogP contribution is 2.33. The predicted octanol–water partition coefficient (Wildman–Crippen LogP) is 5.16. The van der Waals surface area contributed by atoms with Crippen LogP contribution in [0.3, 0.4) is 0 Å². The maximum atomic E-state index is 12.0. The van der Waals surface area contributed by atoms with Crippen LogP contribution < -0.4 is 9.62 Å². The highest BCUT2D eigenvalue weighted by atomic mass is 17.2. The predicted molar refractivity (Wildman–Crippen MR) is 117 cm³/mol. The SMILES string of the molecule is COC(=O)c1ccccc1OOC(OC)c1ccccc1OC(OC)c1ccccc1C. The molecule has 0 aromatic heterocycles. The molecule has 0 spiro atoms. The number of benzene rings is 3. The van der Waals surface area contributed by atoms with E-state index in [0.717, 1.165) is 11.1 Å². The Morgan fingerprint density at radius 1 is 0.719 bits per heavy atom. The molecular weight excluding hydrogens is 412 g/mol. The van der Waals surface area contributed by atoms with Gasteiger partial charge in [0.15, 0.2) is 5.75 Å². The summed E-state index contributed by atoms with van der Waals surface area (Å²) in [4.78, 5) is 22.9. The van der Waals surface area contributed by atoms with E-state index in [4.69, 9.17) is 28.7 Å². The highest BCUT2D eigenvalue weighted by Gasteiger charge is 2.23. The van der Waals surface area contributed by atoms with E-state index in [2.05, 4.69) is 0 Å². The van der Waals surface area contributed by atoms with Crippen LogP contribution >= 0.6 is 0 Å². The largest absolute Gasteiger partial charge is 0.465 e. The van der Waals surface area contributed by atoms with E-state index in [9.17, 15) is 4.79 Å². The van der Waals surface area contributed by atoms with Crippen molar-refractivity contribution in [2.45, 2.75) is 19.5 Å². The number of ether oxygens (including phenoxy) is 4. The van der Waals surface area contributed by atoms with Gasteiger partial charge in [0.05, 0.1) is 12.7 Å². The van der Waals surface area contributed by atoms with Crippen molar-refractivity contribution in [3.8, 4) is 11.5 Å². The number of rotatable bonds is 10. The number of methoxy groups -OCH3 is 3. The van der Waals surface area contributed by atoms with E-state index in [0.29, 0.717) is 11.3 Å². The van der Waals surface area contributed by atoms with Crippen LogP contribution in [0.1, 0.15) is 39.6 Å². The lowest BCUT2D eigenvalue weighted by Crippen LogP contribution is -2.16. The van der Waals surface area contributed by atoms with Crippen LogP contribution in [0.2, 0.25) is 0 Å². The number of esters is 1. The van der Waals surface area contributed by atoms with Crippen LogP contribution in [-0.2, 0) is 19.1 Å². The van der Waals surface area contributed by atoms with Gasteiger partial charge in [-0.15, -0.1) is 0 Å². The van der Waals surface area contributed by atoms with Crippen LogP contribution in [0.25, 0.3) is 0 Å². The molecule has 0 aliphatic heterocycles. The maximum absolute atomic E-state index is 12.0. The molecule has 0 fully saturated rings. The molecule has 0 aliphatic rings. The quantitative estimate of drug-likeness (QED) is 0.187. The average Bonchev–Trinajstić information content (AvgIpc) is 2.84. The highest BCUT2D eigenvalue weighted by molar-refractivity contribution is 5.92. The third-order valence-corrected chi connectivity index (χ3v) is 4.80. The molecule has 7 heteroatoms. The van der Waals surface area contributed by atoms with Crippen molar-refractivity contribution >= 4 is 5.97 Å². The number of aryl methyl sites for hydroxylation is 1. The van der Waals surface area contributed by atoms with Crippen LogP contribution in [0.5, 0.6) is 11.5 Å². The van der Waals surface area contributed by atoms with Crippen LogP contribution in [-0.4, -0.2) is 27.3 Å². The minimum Gasteiger partial charge on any atom is -0.465 e. The second-order valence-corrected chi connectivity index (χ2v) is 6.81. The van der Waals surface area contributed by atoms with Crippen molar-refractivity contribution in [1.29, 1.82) is 0 Å². The molecule has 3 aromatic rings. The van der Waals surface area contributed by atoms with Crippen LogP contribution in [0.15, 0.2) is 72.8 Å². The molecule has 0 aliphatic carbocycles. The van der Waals surface area contributed by atoms with Gasteiger partial charge < -0.3 is 23.8 Å². The van der Waals surface area contributed by atoms with E-state index in [-0.39, 0.29) is 11.3 Å². The molecule has 32 heavy (non-hydrogen) atoms. The van der Waals surface area contributed by atoms with Gasteiger partial charge in [0.2, 0.25) is 12.6 Å². The summed E-state index contributed by atoms with van der Waals surface area (Å²) >= 11 is 0. The van der Waals surface area contributed by atoms with E-state index in [1.807, 2.05) is 43.3 Å². The molecular formula is C25H26O7. The zero-order chi connectivity index (χ0) is 22.9. The zero-order valence-electron chi connectivity index (χ0n) is 18.4. The summed E-state index contributed by atoms with van der Waals surface area (Å²) in [5.74, 6) is 0.164. The average molecular weight is 438 g/mol. The summed E-state index contributed by atoms with van der Waals surface area (Å²) < 4.78 is 22.0. The summed E-state index contributed by atoms with van der Waals surface area (Å²) in [6.45, 7) is 1.99. The lowest BCUT2D eigenvalue weighted by atomic mass is 10.1. The first-order valence-corrected chi connectivity index (χ1v) is 9.96. The molecule has 3 aromatic carbocycles. The van der Waals surface area contributed by atoms with Gasteiger partial charge in [-0.05, 0) is 30.7 Å². The number of para-hydroxylation sites is 2. The second kappa shape index (κ2) is 11.3. The van der Waals surface area contributed by atoms with Crippen molar-refractivity contribution in [3.63, 3.8) is 0 Å². The van der Waals surface area contributed by atoms with E-state index in [1.165, 1.54) is 14.2 Å². The molecule has 0 bridgehead atoms. The molecule has 0 saturated heterocycles. The fourth-order valence-electron chi connectivity index (χ4n) is 3.12. The molecule has 0 N–H and O–H groups in total. The van der Waals surface area contributed by atoms with Gasteiger partial charge in [0.1, 0.15) is 11.3 Å². The number of carbonyl (C=O) groups is 1. The topological polar surface area (TPSA) is 72.5 Å². The summed E-state index contributed by atoms with van der Waals surface area (Å²) in [6, 6.07) is 21.7. The third kappa shape index (κ3) is 5.45. The zero-order valence-corrected chi connectivity index (χ0v) is 18.4. The minimum atomic E-state index is -0.939. The van der Waals surface area contributed by atoms with Crippen molar-refractivity contribution in [3.05, 3.63) is 95.1 Å². The van der Waals surface area contributed by atoms with Gasteiger partial charge in [0.25, 0.3) is 0 Å². The standard InChI is InChI=1S/C25H26O7/c1-17-11-5-6-12-18(17)24(28-3)30-21-15-9-8-14-20(21)25(29-4)32-31-22-16-10-7-13-19(22)23(26)27-2/h5-16,24-25H,1-4H3. The summed E-state index contributed by atoms with van der Waals surface area (Å²) in [6.07, 6.45) is -1.57. The second-order valence-electron chi connectivity index (χ2n) is 6.81. The van der Waals surface area contributed by atoms with Gasteiger partial charge in [-0.25, -0.2) is 4.79 Å². The molecule has 0 amide bonds. The number of hydrogen-bond acceptors (Lipinski definition) is 7. The lowest BCUT2D eigenvalue weighted by Gasteiger charge is -2.23. The smallest absolute Gasteiger partial charge is 0.341 e. The first-order valence-electron chi connectivity index (χ1n) is 9.96. The first kappa shape index (κ1) is 23.3. The van der Waals surface area contributed by atoms with Crippen molar-refractivity contribution in [1.82, 2.24) is 0 Å². The Morgan fingerprint density at radius 2 is 1.31 bits per heavy atom. The van der Waals surface area contributed by atoms with Crippen molar-refractivity contribution in [2.24, 2.45) is 0 Å². The molecule has 0 saturated carbocycles. The third-order valence-electron chi connectivity index (χ3n) is 4.80. The fraction of sp³-hybridized carbons (Fsp3) is 0.240. The monoisotopic (exact) mass is 438 g/mol. The Labute approximate surface area is 187 Å². The molecule has 2 unspecified atom stereocenters. The molecule has 7 nitrogen and oxygen atoms in total. The number of hydrogen-bond donors (Lipinski definition) is 0.